The first-order chi connectivity index (χ1) is 9.19. The van der Waals surface area contributed by atoms with Crippen molar-refractivity contribution in [1.82, 2.24) is 20.0 Å². The van der Waals surface area contributed by atoms with Gasteiger partial charge in [-0.25, -0.2) is 0 Å². The molecule has 0 aromatic carbocycles. The highest BCUT2D eigenvalue weighted by molar-refractivity contribution is 5.93. The number of hydrogen-bond donors (Lipinski definition) is 1. The van der Waals surface area contributed by atoms with Gasteiger partial charge in [-0.2, -0.15) is 5.10 Å². The monoisotopic (exact) mass is 262 g/mol. The second-order valence-electron chi connectivity index (χ2n) is 5.09. The SMILES string of the molecule is C=CCCN1CCCC(NC(=O)c2cnn(C)c2)C1. The zero-order chi connectivity index (χ0) is 13.7. The van der Waals surface area contributed by atoms with Gasteiger partial charge < -0.3 is 10.2 Å². The Labute approximate surface area is 114 Å². The Morgan fingerprint density at radius 2 is 2.53 bits per heavy atom. The standard InChI is InChI=1S/C14H22N4O/c1-3-4-7-18-8-5-6-13(11-18)16-14(19)12-9-15-17(2)10-12/h3,9-10,13H,1,4-8,11H2,2H3,(H,16,19). The van der Waals surface area contributed by atoms with Crippen molar-refractivity contribution >= 4 is 5.91 Å². The fourth-order valence-corrected chi connectivity index (χ4v) is 2.46. The summed E-state index contributed by atoms with van der Waals surface area (Å²) in [5.41, 5.74) is 0.630. The number of aromatic nitrogens is 2. The maximum atomic E-state index is 12.0. The summed E-state index contributed by atoms with van der Waals surface area (Å²) in [5, 5.41) is 7.12. The lowest BCUT2D eigenvalue weighted by Crippen LogP contribution is -2.47. The van der Waals surface area contributed by atoms with Crippen LogP contribution in [0.4, 0.5) is 0 Å². The molecule has 0 saturated carbocycles. The van der Waals surface area contributed by atoms with Crippen LogP contribution in [0.15, 0.2) is 25.0 Å². The highest BCUT2D eigenvalue weighted by atomic mass is 16.1. The number of hydrogen-bond acceptors (Lipinski definition) is 3. The van der Waals surface area contributed by atoms with Gasteiger partial charge in [-0.05, 0) is 25.8 Å². The number of amides is 1. The van der Waals surface area contributed by atoms with Crippen LogP contribution in [-0.2, 0) is 7.05 Å². The van der Waals surface area contributed by atoms with E-state index < -0.39 is 0 Å². The van der Waals surface area contributed by atoms with Gasteiger partial charge in [0, 0.05) is 32.4 Å². The Morgan fingerprint density at radius 3 is 3.21 bits per heavy atom. The van der Waals surface area contributed by atoms with Crippen molar-refractivity contribution in [2.24, 2.45) is 7.05 Å². The van der Waals surface area contributed by atoms with Gasteiger partial charge in [-0.1, -0.05) is 6.08 Å². The molecule has 5 heteroatoms. The topological polar surface area (TPSA) is 50.2 Å². The second kappa shape index (κ2) is 6.52. The maximum Gasteiger partial charge on any atom is 0.254 e. The minimum atomic E-state index is -0.0244. The number of piperidine rings is 1. The maximum absolute atomic E-state index is 12.0. The molecule has 1 amide bonds. The molecule has 1 unspecified atom stereocenters. The van der Waals surface area contributed by atoms with E-state index in [1.165, 1.54) is 0 Å². The van der Waals surface area contributed by atoms with Crippen LogP contribution < -0.4 is 5.32 Å². The van der Waals surface area contributed by atoms with Gasteiger partial charge in [0.2, 0.25) is 0 Å². The summed E-state index contributed by atoms with van der Waals surface area (Å²) in [6, 6.07) is 0.242. The molecule has 1 N–H and O–H groups in total. The average molecular weight is 262 g/mol. The van der Waals surface area contributed by atoms with Crippen LogP contribution in [0.5, 0.6) is 0 Å². The predicted octanol–water partition coefficient (Wildman–Crippen LogP) is 1.19. The van der Waals surface area contributed by atoms with E-state index >= 15 is 0 Å². The van der Waals surface area contributed by atoms with Crippen LogP contribution in [0.2, 0.25) is 0 Å². The molecule has 1 atom stereocenters. The lowest BCUT2D eigenvalue weighted by molar-refractivity contribution is 0.0904. The number of rotatable bonds is 5. The summed E-state index contributed by atoms with van der Waals surface area (Å²) >= 11 is 0. The molecular weight excluding hydrogens is 240 g/mol. The summed E-state index contributed by atoms with van der Waals surface area (Å²) in [4.78, 5) is 14.4. The van der Waals surface area contributed by atoms with Gasteiger partial charge in [0.15, 0.2) is 0 Å². The number of likely N-dealkylation sites (tertiary alicyclic amines) is 1. The van der Waals surface area contributed by atoms with E-state index in [4.69, 9.17) is 0 Å². The summed E-state index contributed by atoms with van der Waals surface area (Å²) in [6.45, 7) is 6.83. The van der Waals surface area contributed by atoms with Crippen LogP contribution in [-0.4, -0.2) is 46.3 Å². The Bertz CT molecular complexity index is 440. The zero-order valence-corrected chi connectivity index (χ0v) is 11.5. The molecule has 1 aliphatic heterocycles. The molecule has 1 aromatic heterocycles. The van der Waals surface area contributed by atoms with Gasteiger partial charge >= 0.3 is 0 Å². The van der Waals surface area contributed by atoms with Crippen LogP contribution in [0.3, 0.4) is 0 Å². The molecule has 5 nitrogen and oxygen atoms in total. The van der Waals surface area contributed by atoms with Crippen molar-refractivity contribution in [2.75, 3.05) is 19.6 Å². The van der Waals surface area contributed by atoms with E-state index in [2.05, 4.69) is 21.9 Å². The number of nitrogens with zero attached hydrogens (tertiary/aromatic N) is 3. The fourth-order valence-electron chi connectivity index (χ4n) is 2.46. The van der Waals surface area contributed by atoms with Crippen LogP contribution in [0, 0.1) is 0 Å². The van der Waals surface area contributed by atoms with Crippen molar-refractivity contribution in [2.45, 2.75) is 25.3 Å². The van der Waals surface area contributed by atoms with Crippen molar-refractivity contribution in [3.8, 4) is 0 Å². The third-order valence-corrected chi connectivity index (χ3v) is 3.46. The van der Waals surface area contributed by atoms with Crippen LogP contribution in [0.1, 0.15) is 29.6 Å². The molecule has 1 fully saturated rings. The smallest absolute Gasteiger partial charge is 0.254 e. The van der Waals surface area contributed by atoms with Crippen molar-refractivity contribution in [3.63, 3.8) is 0 Å². The van der Waals surface area contributed by atoms with Crippen LogP contribution >= 0.6 is 0 Å². The second-order valence-corrected chi connectivity index (χ2v) is 5.09. The van der Waals surface area contributed by atoms with Gasteiger partial charge in [0.25, 0.3) is 5.91 Å². The average Bonchev–Trinajstić information content (AvgIpc) is 2.83. The first-order valence-corrected chi connectivity index (χ1v) is 6.82. The lowest BCUT2D eigenvalue weighted by atomic mass is 10.1. The quantitative estimate of drug-likeness (QED) is 0.811. The van der Waals surface area contributed by atoms with Gasteiger partial charge in [0.05, 0.1) is 11.8 Å². The minimum Gasteiger partial charge on any atom is -0.348 e. The van der Waals surface area contributed by atoms with Crippen molar-refractivity contribution in [3.05, 3.63) is 30.6 Å². The molecule has 2 rings (SSSR count). The molecule has 1 aromatic rings. The highest BCUT2D eigenvalue weighted by Gasteiger charge is 2.21. The minimum absolute atomic E-state index is 0.0244. The Hall–Kier alpha value is -1.62. The third kappa shape index (κ3) is 3.92. The van der Waals surface area contributed by atoms with Gasteiger partial charge in [-0.15, -0.1) is 6.58 Å². The molecule has 19 heavy (non-hydrogen) atoms. The number of carbonyl (C=O) groups excluding carboxylic acids is 1. The molecule has 104 valence electrons. The van der Waals surface area contributed by atoms with E-state index in [1.54, 1.807) is 17.1 Å². The number of aryl methyl sites for hydroxylation is 1. The summed E-state index contributed by atoms with van der Waals surface area (Å²) in [7, 11) is 1.81. The predicted molar refractivity (Wildman–Crippen MR) is 75.0 cm³/mol. The van der Waals surface area contributed by atoms with E-state index in [0.29, 0.717) is 5.56 Å². The number of carbonyl (C=O) groups is 1. The lowest BCUT2D eigenvalue weighted by Gasteiger charge is -2.32. The molecule has 2 heterocycles. The molecule has 1 saturated heterocycles. The molecule has 0 aliphatic carbocycles. The largest absolute Gasteiger partial charge is 0.348 e. The normalized spacial score (nSPS) is 20.2. The first-order valence-electron chi connectivity index (χ1n) is 6.82. The molecule has 0 bridgehead atoms. The first kappa shape index (κ1) is 13.8. The summed E-state index contributed by atoms with van der Waals surface area (Å²) in [6.07, 6.45) is 8.48. The van der Waals surface area contributed by atoms with E-state index in [0.717, 1.165) is 38.9 Å². The highest BCUT2D eigenvalue weighted by Crippen LogP contribution is 2.11. The zero-order valence-electron chi connectivity index (χ0n) is 11.5. The van der Waals surface area contributed by atoms with E-state index in [9.17, 15) is 4.79 Å². The van der Waals surface area contributed by atoms with Gasteiger partial charge in [-0.3, -0.25) is 9.48 Å². The van der Waals surface area contributed by atoms with Crippen LogP contribution in [0.25, 0.3) is 0 Å². The number of nitrogens with one attached hydrogen (secondary N) is 1. The molecule has 0 radical (unpaired) electrons. The third-order valence-electron chi connectivity index (χ3n) is 3.46. The molecular formula is C14H22N4O. The molecule has 0 spiro atoms. The summed E-state index contributed by atoms with van der Waals surface area (Å²) < 4.78 is 1.65. The van der Waals surface area contributed by atoms with E-state index in [1.807, 2.05) is 13.1 Å². The fraction of sp³-hybridized carbons (Fsp3) is 0.571. The summed E-state index contributed by atoms with van der Waals surface area (Å²) in [5.74, 6) is -0.0244. The Morgan fingerprint density at radius 1 is 1.68 bits per heavy atom. The Kier molecular flexibility index (Phi) is 4.74. The molecule has 1 aliphatic rings. The van der Waals surface area contributed by atoms with Crippen molar-refractivity contribution in [1.29, 1.82) is 0 Å². The Balaban J connectivity index is 1.84. The van der Waals surface area contributed by atoms with Crippen molar-refractivity contribution < 1.29 is 4.79 Å². The van der Waals surface area contributed by atoms with Gasteiger partial charge in [0.1, 0.15) is 0 Å². The van der Waals surface area contributed by atoms with E-state index in [-0.39, 0.29) is 11.9 Å².